The van der Waals surface area contributed by atoms with Gasteiger partial charge in [0.15, 0.2) is 23.1 Å². The Balaban J connectivity index is 1.20. The lowest BCUT2D eigenvalue weighted by Gasteiger charge is -2.51. The summed E-state index contributed by atoms with van der Waals surface area (Å²) < 4.78 is 15.0. The molecular weight excluding hydrogens is 559 g/mol. The molecule has 44 heavy (non-hydrogen) atoms. The fourth-order valence-corrected chi connectivity index (χ4v) is 8.55. The van der Waals surface area contributed by atoms with Gasteiger partial charge in [0.2, 0.25) is 0 Å². The van der Waals surface area contributed by atoms with Crippen molar-refractivity contribution >= 4 is 23.2 Å². The number of rotatable bonds is 5. The smallest absolute Gasteiger partial charge is 0.259 e. The minimum absolute atomic E-state index is 0.0389. The molecule has 0 bridgehead atoms. The minimum Gasteiger partial charge on any atom is -0.381 e. The average molecular weight is 611 g/mol. The maximum Gasteiger partial charge on any atom is 0.259 e. The minimum atomic E-state index is -0.545. The van der Waals surface area contributed by atoms with E-state index in [2.05, 4.69) is 37.6 Å². The zero-order chi connectivity index (χ0) is 30.7. The molecule has 3 aliphatic heterocycles. The third-order valence-electron chi connectivity index (χ3n) is 11.1. The van der Waals surface area contributed by atoms with Crippen LogP contribution in [0.3, 0.4) is 0 Å². The van der Waals surface area contributed by atoms with Gasteiger partial charge in [-0.1, -0.05) is 51.4 Å². The molecule has 4 fully saturated rings. The van der Waals surface area contributed by atoms with Crippen LogP contribution in [0.4, 0.5) is 10.2 Å². The summed E-state index contributed by atoms with van der Waals surface area (Å²) in [7, 11) is 2.08. The first kappa shape index (κ1) is 31.4. The molecule has 4 aliphatic rings. The van der Waals surface area contributed by atoms with Crippen LogP contribution < -0.4 is 16.4 Å². The summed E-state index contributed by atoms with van der Waals surface area (Å²) in [6, 6.07) is 0.0736. The highest BCUT2D eigenvalue weighted by Crippen LogP contribution is 2.36. The quantitative estimate of drug-likeness (QED) is 0.466. The van der Waals surface area contributed by atoms with Crippen molar-refractivity contribution in [1.82, 2.24) is 35.0 Å². The summed E-state index contributed by atoms with van der Waals surface area (Å²) in [6.07, 6.45) is 19.7. The number of hydrogen-bond acceptors (Lipinski definition) is 8. The Hall–Kier alpha value is -2.63. The monoisotopic (exact) mass is 610 g/mol. The summed E-state index contributed by atoms with van der Waals surface area (Å²) in [4.78, 5) is 36.1. The maximum absolute atomic E-state index is 13.8. The summed E-state index contributed by atoms with van der Waals surface area (Å²) in [6.45, 7) is 3.40. The van der Waals surface area contributed by atoms with Crippen LogP contribution in [0.15, 0.2) is 12.4 Å². The molecule has 10 nitrogen and oxygen atoms in total. The van der Waals surface area contributed by atoms with Gasteiger partial charge in [-0.2, -0.15) is 0 Å². The molecule has 2 aromatic rings. The van der Waals surface area contributed by atoms with E-state index < -0.39 is 5.82 Å². The number of likely N-dealkylation sites (tertiary alicyclic amines) is 2. The lowest BCUT2D eigenvalue weighted by molar-refractivity contribution is -0.128. The van der Waals surface area contributed by atoms with Crippen LogP contribution in [0.5, 0.6) is 0 Å². The number of amides is 1. The number of nitrogens with two attached hydrogens (primary N) is 1. The first-order chi connectivity index (χ1) is 21.3. The van der Waals surface area contributed by atoms with Gasteiger partial charge >= 0.3 is 0 Å². The summed E-state index contributed by atoms with van der Waals surface area (Å²) in [5.41, 5.74) is 6.65. The number of anilines is 1. The van der Waals surface area contributed by atoms with E-state index in [0.29, 0.717) is 12.3 Å². The number of likely N-dealkylation sites (N-methyl/N-ethyl adjacent to an activating group) is 1. The van der Waals surface area contributed by atoms with Gasteiger partial charge in [-0.25, -0.2) is 13.9 Å². The molecule has 1 saturated carbocycles. The molecule has 242 valence electrons. The Morgan fingerprint density at radius 1 is 1.00 bits per heavy atom. The summed E-state index contributed by atoms with van der Waals surface area (Å²) >= 11 is 0. The number of nitrogens with one attached hydrogen (secondary N) is 2. The van der Waals surface area contributed by atoms with E-state index in [1.165, 1.54) is 62.1 Å². The fourth-order valence-electron chi connectivity index (χ4n) is 8.55. The van der Waals surface area contributed by atoms with Gasteiger partial charge in [-0.3, -0.25) is 19.4 Å². The SMILES string of the molecule is CN1CCC[C@H]1C(=O)C1CCN(C2CC3(CCCCCCCCCC3)NCC2NC(=O)c2c(N)nn3cc(F)cnc23)CC1. The highest BCUT2D eigenvalue weighted by Gasteiger charge is 2.45. The third kappa shape index (κ3) is 6.79. The highest BCUT2D eigenvalue weighted by molar-refractivity contribution is 6.04. The number of carbonyl (C=O) groups is 2. The highest BCUT2D eigenvalue weighted by atomic mass is 19.1. The number of ketones is 1. The lowest BCUT2D eigenvalue weighted by Crippen LogP contribution is -2.67. The van der Waals surface area contributed by atoms with Crippen molar-refractivity contribution in [2.75, 3.05) is 39.0 Å². The number of hydrogen-bond donors (Lipinski definition) is 3. The van der Waals surface area contributed by atoms with Crippen LogP contribution in [-0.4, -0.2) is 93.0 Å². The molecule has 1 amide bonds. The molecular formula is C33H51FN8O2. The number of piperidine rings is 2. The van der Waals surface area contributed by atoms with E-state index in [1.807, 2.05) is 0 Å². The molecule has 5 heterocycles. The maximum atomic E-state index is 13.8. The van der Waals surface area contributed by atoms with Crippen LogP contribution in [-0.2, 0) is 4.79 Å². The molecule has 6 rings (SSSR count). The second-order valence-electron chi connectivity index (χ2n) is 14.0. The first-order valence-corrected chi connectivity index (χ1v) is 17.2. The fraction of sp³-hybridized carbons (Fsp3) is 0.758. The van der Waals surface area contributed by atoms with Gasteiger partial charge in [0, 0.05) is 24.0 Å². The average Bonchev–Trinajstić information content (AvgIpc) is 3.58. The molecule has 2 unspecified atom stereocenters. The van der Waals surface area contributed by atoms with E-state index in [-0.39, 0.29) is 52.5 Å². The van der Waals surface area contributed by atoms with E-state index in [1.54, 1.807) is 0 Å². The summed E-state index contributed by atoms with van der Waals surface area (Å²) in [5.74, 6) is -0.301. The molecule has 4 N–H and O–H groups in total. The Kier molecular flexibility index (Phi) is 9.83. The number of halogens is 1. The number of Topliss-reactive ketones (excluding diaryl/α,β-unsaturated/α-hetero) is 1. The van der Waals surface area contributed by atoms with Crippen molar-refractivity contribution in [2.45, 2.75) is 120 Å². The van der Waals surface area contributed by atoms with E-state index in [4.69, 9.17) is 5.73 Å². The number of nitrogen functional groups attached to an aromatic ring is 1. The van der Waals surface area contributed by atoms with Crippen molar-refractivity contribution in [3.8, 4) is 0 Å². The van der Waals surface area contributed by atoms with Crippen molar-refractivity contribution in [3.05, 3.63) is 23.8 Å². The van der Waals surface area contributed by atoms with Crippen LogP contribution in [0.2, 0.25) is 0 Å². The van der Waals surface area contributed by atoms with E-state index in [0.717, 1.165) is 70.8 Å². The van der Waals surface area contributed by atoms with Gasteiger partial charge in [0.05, 0.1) is 24.5 Å². The topological polar surface area (TPSA) is 121 Å². The Bertz CT molecular complexity index is 1300. The van der Waals surface area contributed by atoms with Crippen LogP contribution in [0.1, 0.15) is 107 Å². The summed E-state index contributed by atoms with van der Waals surface area (Å²) in [5, 5.41) is 11.4. The second kappa shape index (κ2) is 13.8. The van der Waals surface area contributed by atoms with Gasteiger partial charge in [-0.15, -0.1) is 5.10 Å². The molecule has 1 aliphatic carbocycles. The van der Waals surface area contributed by atoms with Crippen molar-refractivity contribution in [1.29, 1.82) is 0 Å². The zero-order valence-corrected chi connectivity index (χ0v) is 26.4. The van der Waals surface area contributed by atoms with Gasteiger partial charge in [-0.05, 0) is 71.6 Å². The lowest BCUT2D eigenvalue weighted by atomic mass is 9.75. The van der Waals surface area contributed by atoms with Gasteiger partial charge in [0.1, 0.15) is 5.56 Å². The molecule has 3 atom stereocenters. The molecule has 1 spiro atoms. The Morgan fingerprint density at radius 2 is 1.68 bits per heavy atom. The van der Waals surface area contributed by atoms with Gasteiger partial charge < -0.3 is 16.4 Å². The molecule has 0 aromatic carbocycles. The van der Waals surface area contributed by atoms with Crippen molar-refractivity contribution < 1.29 is 14.0 Å². The standard InChI is InChI=1S/C33H51FN8O2/c1-40-16-10-11-26(40)29(43)23-12-17-41(18-13-23)27-19-33(14-8-6-4-2-3-5-7-9-15-33)37-21-25(27)38-32(44)28-30(35)39-42-22-24(34)20-36-31(28)42/h20,22-23,25-27,37H,2-19,21H2,1H3,(H2,35,39)(H,38,44)/t25?,26-,27?/m0/s1. The predicted molar refractivity (Wildman–Crippen MR) is 169 cm³/mol. The number of nitrogens with zero attached hydrogens (tertiary/aromatic N) is 5. The van der Waals surface area contributed by atoms with Crippen molar-refractivity contribution in [2.24, 2.45) is 5.92 Å². The normalized spacial score (nSPS) is 28.2. The molecule has 11 heteroatoms. The zero-order valence-electron chi connectivity index (χ0n) is 26.4. The molecule has 2 aromatic heterocycles. The second-order valence-corrected chi connectivity index (χ2v) is 14.0. The Morgan fingerprint density at radius 3 is 2.34 bits per heavy atom. The third-order valence-corrected chi connectivity index (χ3v) is 11.1. The largest absolute Gasteiger partial charge is 0.381 e. The first-order valence-electron chi connectivity index (χ1n) is 17.2. The van der Waals surface area contributed by atoms with E-state index >= 15 is 0 Å². The number of fused-ring (bicyclic) bond motifs is 1. The molecule has 3 saturated heterocycles. The van der Waals surface area contributed by atoms with Crippen LogP contribution in [0, 0.1) is 11.7 Å². The van der Waals surface area contributed by atoms with Gasteiger partial charge in [0.25, 0.3) is 5.91 Å². The van der Waals surface area contributed by atoms with Crippen LogP contribution >= 0.6 is 0 Å². The molecule has 0 radical (unpaired) electrons. The predicted octanol–water partition coefficient (Wildman–Crippen LogP) is 3.94. The van der Waals surface area contributed by atoms with E-state index in [9.17, 15) is 14.0 Å². The number of aromatic nitrogens is 3. The van der Waals surface area contributed by atoms with Crippen molar-refractivity contribution in [3.63, 3.8) is 0 Å². The van der Waals surface area contributed by atoms with Crippen LogP contribution in [0.25, 0.3) is 5.65 Å². The number of carbonyl (C=O) groups excluding carboxylic acids is 2. The Labute approximate surface area is 260 Å².